The highest BCUT2D eigenvalue weighted by molar-refractivity contribution is 5.89. The quantitative estimate of drug-likeness (QED) is 0.143. The summed E-state index contributed by atoms with van der Waals surface area (Å²) in [6.45, 7) is 17.3. The van der Waals surface area contributed by atoms with Crippen LogP contribution in [-0.4, -0.2) is 88.2 Å². The van der Waals surface area contributed by atoms with Crippen LogP contribution in [0.15, 0.2) is 24.4 Å². The van der Waals surface area contributed by atoms with Gasteiger partial charge in [-0.2, -0.15) is 0 Å². The van der Waals surface area contributed by atoms with Crippen molar-refractivity contribution < 1.29 is 38.5 Å². The maximum atomic E-state index is 13.3. The Balaban J connectivity index is 2.00. The first-order chi connectivity index (χ1) is 21.2. The number of nitrogens with zero attached hydrogens (tertiary/aromatic N) is 1. The number of alkyl carbamates (subject to hydrolysis) is 2. The van der Waals surface area contributed by atoms with E-state index in [1.54, 1.807) is 91.6 Å². The molecule has 0 aliphatic carbocycles. The van der Waals surface area contributed by atoms with Crippen LogP contribution in [0.5, 0.6) is 5.75 Å². The number of H-pyrrole nitrogens is 1. The number of rotatable bonds is 13. The van der Waals surface area contributed by atoms with Crippen LogP contribution in [0.25, 0.3) is 10.9 Å². The number of ether oxygens (including phenoxy) is 3. The highest BCUT2D eigenvalue weighted by Gasteiger charge is 2.26. The monoisotopic (exact) mass is 647 g/mol. The number of aromatic hydroxyl groups is 1. The van der Waals surface area contributed by atoms with Crippen LogP contribution in [0.2, 0.25) is 0 Å². The molecule has 0 unspecified atom stereocenters. The normalized spacial score (nSPS) is 12.6. The number of carbonyl (C=O) groups excluding carboxylic acids is 4. The van der Waals surface area contributed by atoms with Gasteiger partial charge in [-0.05, 0) is 105 Å². The van der Waals surface area contributed by atoms with E-state index in [-0.39, 0.29) is 18.7 Å². The third kappa shape index (κ3) is 14.7. The van der Waals surface area contributed by atoms with Crippen molar-refractivity contribution in [3.05, 3.63) is 30.0 Å². The first-order valence-corrected chi connectivity index (χ1v) is 15.7. The van der Waals surface area contributed by atoms with Gasteiger partial charge in [-0.3, -0.25) is 4.79 Å². The number of benzene rings is 1. The van der Waals surface area contributed by atoms with Gasteiger partial charge >= 0.3 is 18.3 Å². The van der Waals surface area contributed by atoms with Crippen molar-refractivity contribution in [2.45, 2.75) is 111 Å². The Morgan fingerprint density at radius 1 is 0.804 bits per heavy atom. The van der Waals surface area contributed by atoms with Crippen molar-refractivity contribution >= 4 is 35.1 Å². The van der Waals surface area contributed by atoms with Crippen molar-refractivity contribution in [1.29, 1.82) is 0 Å². The predicted octanol–water partition coefficient (Wildman–Crippen LogP) is 5.36. The van der Waals surface area contributed by atoms with Gasteiger partial charge in [0.05, 0.1) is 0 Å². The van der Waals surface area contributed by atoms with Gasteiger partial charge < -0.3 is 45.2 Å². The summed E-state index contributed by atoms with van der Waals surface area (Å²) in [6.07, 6.45) is 1.87. The van der Waals surface area contributed by atoms with Crippen LogP contribution >= 0.6 is 0 Å². The zero-order valence-electron chi connectivity index (χ0n) is 28.8. The maximum absolute atomic E-state index is 13.3. The number of fused-ring (bicyclic) bond motifs is 1. The van der Waals surface area contributed by atoms with Gasteiger partial charge in [0.25, 0.3) is 0 Å². The molecular weight excluding hydrogens is 594 g/mol. The molecule has 5 N–H and O–H groups in total. The average molecular weight is 648 g/mol. The molecule has 258 valence electrons. The molecule has 0 bridgehead atoms. The first-order valence-electron chi connectivity index (χ1n) is 15.7. The number of aromatic nitrogens is 1. The van der Waals surface area contributed by atoms with E-state index in [1.165, 1.54) is 0 Å². The third-order valence-electron chi connectivity index (χ3n) is 6.26. The summed E-state index contributed by atoms with van der Waals surface area (Å²) in [5.41, 5.74) is -0.499. The Labute approximate surface area is 272 Å². The van der Waals surface area contributed by atoms with E-state index >= 15 is 0 Å². The topological polar surface area (TPSA) is 171 Å². The molecule has 2 aromatic rings. The number of phenolic OH excluding ortho intramolecular Hbond substituents is 1. The van der Waals surface area contributed by atoms with Crippen molar-refractivity contribution in [3.63, 3.8) is 0 Å². The summed E-state index contributed by atoms with van der Waals surface area (Å²) in [6, 6.07) is 3.93. The van der Waals surface area contributed by atoms with E-state index in [9.17, 15) is 24.3 Å². The minimum Gasteiger partial charge on any atom is -0.508 e. The van der Waals surface area contributed by atoms with Gasteiger partial charge in [-0.1, -0.05) is 0 Å². The van der Waals surface area contributed by atoms with E-state index in [4.69, 9.17) is 14.2 Å². The van der Waals surface area contributed by atoms with Crippen molar-refractivity contribution in [2.24, 2.45) is 0 Å². The zero-order valence-corrected chi connectivity index (χ0v) is 28.8. The predicted molar refractivity (Wildman–Crippen MR) is 176 cm³/mol. The van der Waals surface area contributed by atoms with Crippen molar-refractivity contribution in [1.82, 2.24) is 25.8 Å². The summed E-state index contributed by atoms with van der Waals surface area (Å²) >= 11 is 0. The zero-order chi connectivity index (χ0) is 34.7. The molecule has 13 nitrogen and oxygen atoms in total. The number of phenols is 1. The minimum atomic E-state index is -0.962. The molecular formula is C33H53N5O8. The standard InChI is InChI=1S/C33H53N5O8/c1-31(2,3)44-28(41)35-15-10-11-17-38(30(43)46-33(7,8)9)18-12-16-34-27(40)26(37-29(42)45-32(4,5)6)19-22-21-36-25-14-13-23(39)20-24(22)25/h13-14,20-21,26,36,39H,10-12,15-19H2,1-9H3,(H,34,40)(H,35,41)(H,37,42)/t26-/m0/s1. The van der Waals surface area contributed by atoms with Gasteiger partial charge in [0.2, 0.25) is 5.91 Å². The highest BCUT2D eigenvalue weighted by Crippen LogP contribution is 2.24. The second kappa shape index (κ2) is 16.4. The van der Waals surface area contributed by atoms with Gasteiger partial charge in [0.15, 0.2) is 0 Å². The maximum Gasteiger partial charge on any atom is 0.410 e. The largest absolute Gasteiger partial charge is 0.508 e. The van der Waals surface area contributed by atoms with E-state index in [1.807, 2.05) is 0 Å². The number of nitrogens with one attached hydrogen (secondary N) is 4. The van der Waals surface area contributed by atoms with E-state index < -0.39 is 47.0 Å². The van der Waals surface area contributed by atoms with E-state index in [0.717, 1.165) is 16.5 Å². The summed E-state index contributed by atoms with van der Waals surface area (Å²) in [7, 11) is 0. The number of aromatic amines is 1. The lowest BCUT2D eigenvalue weighted by Crippen LogP contribution is -2.49. The molecule has 4 amide bonds. The average Bonchev–Trinajstić information content (AvgIpc) is 3.27. The van der Waals surface area contributed by atoms with Crippen LogP contribution < -0.4 is 16.0 Å². The van der Waals surface area contributed by atoms with Crippen LogP contribution in [-0.2, 0) is 25.4 Å². The molecule has 0 radical (unpaired) electrons. The van der Waals surface area contributed by atoms with Crippen LogP contribution in [0.3, 0.4) is 0 Å². The summed E-state index contributed by atoms with van der Waals surface area (Å²) in [4.78, 5) is 55.5. The highest BCUT2D eigenvalue weighted by atomic mass is 16.6. The number of amides is 4. The molecule has 1 aromatic heterocycles. The number of unbranched alkanes of at least 4 members (excludes halogenated alkanes) is 1. The van der Waals surface area contributed by atoms with Crippen LogP contribution in [0.1, 0.15) is 87.1 Å². The third-order valence-corrected chi connectivity index (χ3v) is 6.26. The van der Waals surface area contributed by atoms with E-state index in [2.05, 4.69) is 20.9 Å². The lowest BCUT2D eigenvalue weighted by atomic mass is 10.0. The molecule has 46 heavy (non-hydrogen) atoms. The molecule has 2 rings (SSSR count). The molecule has 0 aliphatic rings. The molecule has 0 fully saturated rings. The Hall–Kier alpha value is -4.16. The molecule has 0 saturated heterocycles. The smallest absolute Gasteiger partial charge is 0.410 e. The SMILES string of the molecule is CC(C)(C)OC(=O)NCCCCN(CCCNC(=O)[C@H](Cc1c[nH]c2ccc(O)cc12)NC(=O)OC(C)(C)C)C(=O)OC(C)(C)C. The van der Waals surface area contributed by atoms with Crippen molar-refractivity contribution in [2.75, 3.05) is 26.2 Å². The lowest BCUT2D eigenvalue weighted by molar-refractivity contribution is -0.123. The summed E-state index contributed by atoms with van der Waals surface area (Å²) in [5.74, 6) is -0.333. The molecule has 0 saturated carbocycles. The fraction of sp³-hybridized carbons (Fsp3) is 0.636. The first kappa shape index (κ1) is 38.0. The molecule has 1 aromatic carbocycles. The van der Waals surface area contributed by atoms with Crippen LogP contribution in [0.4, 0.5) is 14.4 Å². The summed E-state index contributed by atoms with van der Waals surface area (Å²) in [5, 5.41) is 19.0. The van der Waals surface area contributed by atoms with Gasteiger partial charge in [0, 0.05) is 49.7 Å². The Bertz CT molecular complexity index is 1320. The number of carbonyl (C=O) groups is 4. The Kier molecular flexibility index (Phi) is 13.6. The minimum absolute atomic E-state index is 0.0864. The molecule has 0 spiro atoms. The molecule has 0 aliphatic heterocycles. The van der Waals surface area contributed by atoms with Gasteiger partial charge in [-0.15, -0.1) is 0 Å². The molecule has 13 heteroatoms. The fourth-order valence-electron chi connectivity index (χ4n) is 4.37. The van der Waals surface area contributed by atoms with Gasteiger partial charge in [-0.25, -0.2) is 14.4 Å². The van der Waals surface area contributed by atoms with Crippen molar-refractivity contribution in [3.8, 4) is 5.75 Å². The summed E-state index contributed by atoms with van der Waals surface area (Å²) < 4.78 is 16.2. The number of hydrogen-bond donors (Lipinski definition) is 5. The van der Waals surface area contributed by atoms with E-state index in [0.29, 0.717) is 38.9 Å². The molecule has 1 heterocycles. The second-order valence-electron chi connectivity index (χ2n) is 14.2. The second-order valence-corrected chi connectivity index (χ2v) is 14.2. The number of hydrogen-bond acceptors (Lipinski definition) is 8. The Morgan fingerprint density at radius 3 is 2.02 bits per heavy atom. The fourth-order valence-corrected chi connectivity index (χ4v) is 4.37. The lowest BCUT2D eigenvalue weighted by Gasteiger charge is -2.28. The van der Waals surface area contributed by atoms with Crippen LogP contribution in [0, 0.1) is 0 Å². The Morgan fingerprint density at radius 2 is 1.39 bits per heavy atom. The molecule has 1 atom stereocenters. The van der Waals surface area contributed by atoms with Gasteiger partial charge in [0.1, 0.15) is 28.6 Å².